The Labute approximate surface area is 178 Å². The Morgan fingerprint density at radius 1 is 1.00 bits per heavy atom. The maximum Gasteiger partial charge on any atom is 0.255 e. The van der Waals surface area contributed by atoms with Gasteiger partial charge in [-0.15, -0.1) is 0 Å². The number of piperazine rings is 1. The molecule has 7 heteroatoms. The summed E-state index contributed by atoms with van der Waals surface area (Å²) >= 11 is 3.48. The lowest BCUT2D eigenvalue weighted by Crippen LogP contribution is -2.49. The minimum Gasteiger partial charge on any atom is -0.497 e. The van der Waals surface area contributed by atoms with E-state index >= 15 is 0 Å². The Hall–Kier alpha value is -2.93. The lowest BCUT2D eigenvalue weighted by Gasteiger charge is -2.35. The standard InChI is InChI=1S/C22H21BrN4O2/c1-29-17-7-8-19(23)18(13-17)22(28)27-11-9-26(10-12-27)21-14-20(24-15-25-21)16-5-3-2-4-6-16/h2-8,13-15H,9-12H2,1H3. The highest BCUT2D eigenvalue weighted by molar-refractivity contribution is 9.10. The van der Waals surface area contributed by atoms with Crippen molar-refractivity contribution in [2.24, 2.45) is 0 Å². The average molecular weight is 453 g/mol. The fraction of sp³-hybridized carbons (Fsp3) is 0.227. The van der Waals surface area contributed by atoms with Gasteiger partial charge in [-0.1, -0.05) is 30.3 Å². The third kappa shape index (κ3) is 4.24. The molecule has 4 rings (SSSR count). The van der Waals surface area contributed by atoms with Gasteiger partial charge in [-0.05, 0) is 34.1 Å². The summed E-state index contributed by atoms with van der Waals surface area (Å²) < 4.78 is 6.03. The maximum atomic E-state index is 13.0. The number of hydrogen-bond donors (Lipinski definition) is 0. The Balaban J connectivity index is 1.45. The number of nitrogens with zero attached hydrogens (tertiary/aromatic N) is 4. The van der Waals surface area contributed by atoms with Crippen molar-refractivity contribution in [3.63, 3.8) is 0 Å². The van der Waals surface area contributed by atoms with Crippen LogP contribution >= 0.6 is 15.9 Å². The van der Waals surface area contributed by atoms with Crippen molar-refractivity contribution in [3.05, 3.63) is 71.0 Å². The fourth-order valence-corrected chi connectivity index (χ4v) is 3.81. The zero-order valence-electron chi connectivity index (χ0n) is 16.1. The molecule has 0 N–H and O–H groups in total. The molecule has 0 saturated carbocycles. The fourth-order valence-electron chi connectivity index (χ4n) is 3.39. The van der Waals surface area contributed by atoms with Gasteiger partial charge in [0.2, 0.25) is 0 Å². The van der Waals surface area contributed by atoms with Gasteiger partial charge in [-0.2, -0.15) is 0 Å². The second-order valence-electron chi connectivity index (χ2n) is 6.75. The van der Waals surface area contributed by atoms with Gasteiger partial charge in [0.15, 0.2) is 0 Å². The molecule has 3 aromatic rings. The molecular formula is C22H21BrN4O2. The number of ether oxygens (including phenoxy) is 1. The Morgan fingerprint density at radius 2 is 1.76 bits per heavy atom. The first-order valence-electron chi connectivity index (χ1n) is 9.41. The predicted octanol–water partition coefficient (Wildman–Crippen LogP) is 3.88. The Kier molecular flexibility index (Phi) is 5.76. The first kappa shape index (κ1) is 19.4. The highest BCUT2D eigenvalue weighted by Gasteiger charge is 2.24. The summed E-state index contributed by atoms with van der Waals surface area (Å²) in [4.78, 5) is 25.9. The predicted molar refractivity (Wildman–Crippen MR) is 116 cm³/mol. The lowest BCUT2D eigenvalue weighted by molar-refractivity contribution is 0.0745. The molecule has 6 nitrogen and oxygen atoms in total. The van der Waals surface area contributed by atoms with Gasteiger partial charge >= 0.3 is 0 Å². The number of hydrogen-bond acceptors (Lipinski definition) is 5. The van der Waals surface area contributed by atoms with Gasteiger partial charge < -0.3 is 14.5 Å². The van der Waals surface area contributed by atoms with E-state index in [1.54, 1.807) is 19.5 Å². The zero-order chi connectivity index (χ0) is 20.2. The summed E-state index contributed by atoms with van der Waals surface area (Å²) in [5.41, 5.74) is 2.58. The number of rotatable bonds is 4. The van der Waals surface area contributed by atoms with Crippen molar-refractivity contribution >= 4 is 27.7 Å². The van der Waals surface area contributed by atoms with E-state index in [1.807, 2.05) is 53.4 Å². The van der Waals surface area contributed by atoms with Crippen molar-refractivity contribution in [1.29, 1.82) is 0 Å². The summed E-state index contributed by atoms with van der Waals surface area (Å²) in [7, 11) is 1.60. The highest BCUT2D eigenvalue weighted by atomic mass is 79.9. The van der Waals surface area contributed by atoms with Gasteiger partial charge in [0, 0.05) is 42.3 Å². The third-order valence-corrected chi connectivity index (χ3v) is 5.71. The van der Waals surface area contributed by atoms with E-state index in [1.165, 1.54) is 0 Å². The molecule has 0 unspecified atom stereocenters. The van der Waals surface area contributed by atoms with Crippen LogP contribution < -0.4 is 9.64 Å². The molecule has 1 aliphatic heterocycles. The van der Waals surface area contributed by atoms with E-state index in [0.29, 0.717) is 24.4 Å². The number of carbonyl (C=O) groups is 1. The van der Waals surface area contributed by atoms with Gasteiger partial charge in [0.05, 0.1) is 18.4 Å². The molecule has 1 aromatic heterocycles. The molecule has 148 valence electrons. The normalized spacial score (nSPS) is 14.0. The molecule has 2 heterocycles. The smallest absolute Gasteiger partial charge is 0.255 e. The SMILES string of the molecule is COc1ccc(Br)c(C(=O)N2CCN(c3cc(-c4ccccc4)ncn3)CC2)c1. The topological polar surface area (TPSA) is 58.6 Å². The summed E-state index contributed by atoms with van der Waals surface area (Å²) in [6.45, 7) is 2.71. The molecule has 0 radical (unpaired) electrons. The van der Waals surface area contributed by atoms with E-state index in [-0.39, 0.29) is 5.91 Å². The molecule has 1 fully saturated rings. The number of carbonyl (C=O) groups excluding carboxylic acids is 1. The molecule has 0 bridgehead atoms. The largest absolute Gasteiger partial charge is 0.497 e. The Morgan fingerprint density at radius 3 is 2.48 bits per heavy atom. The van der Waals surface area contributed by atoms with Crippen LogP contribution in [0.4, 0.5) is 5.82 Å². The number of halogens is 1. The molecule has 1 amide bonds. The van der Waals surface area contributed by atoms with Gasteiger partial charge in [-0.3, -0.25) is 4.79 Å². The second-order valence-corrected chi connectivity index (χ2v) is 7.61. The van der Waals surface area contributed by atoms with E-state index in [9.17, 15) is 4.79 Å². The second kappa shape index (κ2) is 8.61. The van der Waals surface area contributed by atoms with E-state index in [0.717, 1.165) is 34.6 Å². The molecule has 1 aliphatic rings. The van der Waals surface area contributed by atoms with Crippen LogP contribution in [0, 0.1) is 0 Å². The van der Waals surface area contributed by atoms with Crippen LogP contribution in [0.3, 0.4) is 0 Å². The zero-order valence-corrected chi connectivity index (χ0v) is 17.7. The van der Waals surface area contributed by atoms with Crippen molar-refractivity contribution < 1.29 is 9.53 Å². The van der Waals surface area contributed by atoms with Crippen LogP contribution in [0.2, 0.25) is 0 Å². The van der Waals surface area contributed by atoms with E-state index in [4.69, 9.17) is 4.74 Å². The lowest BCUT2D eigenvalue weighted by atomic mass is 10.1. The summed E-state index contributed by atoms with van der Waals surface area (Å²) in [6, 6.07) is 17.5. The highest BCUT2D eigenvalue weighted by Crippen LogP contribution is 2.25. The molecule has 0 atom stereocenters. The quantitative estimate of drug-likeness (QED) is 0.600. The number of amides is 1. The Bertz CT molecular complexity index is 1000. The number of methoxy groups -OCH3 is 1. The number of anilines is 1. The van der Waals surface area contributed by atoms with Gasteiger partial charge in [0.1, 0.15) is 17.9 Å². The molecule has 2 aromatic carbocycles. The van der Waals surface area contributed by atoms with Crippen LogP contribution in [-0.4, -0.2) is 54.1 Å². The molecule has 0 aliphatic carbocycles. The summed E-state index contributed by atoms with van der Waals surface area (Å²) in [5, 5.41) is 0. The number of benzene rings is 2. The molecular weight excluding hydrogens is 432 g/mol. The van der Waals surface area contributed by atoms with E-state index in [2.05, 4.69) is 30.8 Å². The maximum absolute atomic E-state index is 13.0. The minimum absolute atomic E-state index is 0.00286. The first-order valence-corrected chi connectivity index (χ1v) is 10.2. The van der Waals surface area contributed by atoms with Crippen molar-refractivity contribution in [1.82, 2.24) is 14.9 Å². The van der Waals surface area contributed by atoms with Crippen LogP contribution in [0.5, 0.6) is 5.75 Å². The van der Waals surface area contributed by atoms with Gasteiger partial charge in [-0.25, -0.2) is 9.97 Å². The van der Waals surface area contributed by atoms with E-state index < -0.39 is 0 Å². The van der Waals surface area contributed by atoms with Crippen molar-refractivity contribution in [2.75, 3.05) is 38.2 Å². The van der Waals surface area contributed by atoms with Gasteiger partial charge in [0.25, 0.3) is 5.91 Å². The average Bonchev–Trinajstić information content (AvgIpc) is 2.80. The van der Waals surface area contributed by atoms with Crippen LogP contribution in [-0.2, 0) is 0 Å². The molecule has 1 saturated heterocycles. The van der Waals surface area contributed by atoms with Crippen molar-refractivity contribution in [3.8, 4) is 17.0 Å². The minimum atomic E-state index is 0.00286. The number of aromatic nitrogens is 2. The van der Waals surface area contributed by atoms with Crippen molar-refractivity contribution in [2.45, 2.75) is 0 Å². The third-order valence-electron chi connectivity index (χ3n) is 5.02. The van der Waals surface area contributed by atoms with Crippen LogP contribution in [0.1, 0.15) is 10.4 Å². The summed E-state index contributed by atoms with van der Waals surface area (Å²) in [5.74, 6) is 1.56. The summed E-state index contributed by atoms with van der Waals surface area (Å²) in [6.07, 6.45) is 1.60. The monoisotopic (exact) mass is 452 g/mol. The first-order chi connectivity index (χ1) is 14.2. The van der Waals surface area contributed by atoms with Crippen LogP contribution in [0.25, 0.3) is 11.3 Å². The molecule has 29 heavy (non-hydrogen) atoms. The molecule has 0 spiro atoms. The van der Waals surface area contributed by atoms with Crippen LogP contribution in [0.15, 0.2) is 65.4 Å².